The van der Waals surface area contributed by atoms with Crippen molar-refractivity contribution in [3.8, 4) is 5.75 Å². The fourth-order valence-corrected chi connectivity index (χ4v) is 1.69. The van der Waals surface area contributed by atoms with Gasteiger partial charge in [-0.2, -0.15) is 13.2 Å². The Balaban J connectivity index is 0.00000484. The van der Waals surface area contributed by atoms with Gasteiger partial charge in [-0.3, -0.25) is 4.79 Å². The molecule has 5 nitrogen and oxygen atoms in total. The molecule has 0 aliphatic heterocycles. The van der Waals surface area contributed by atoms with Crippen LogP contribution in [0.15, 0.2) is 24.3 Å². The molecule has 9 heteroatoms. The van der Waals surface area contributed by atoms with Crippen LogP contribution in [0.4, 0.5) is 13.2 Å². The van der Waals surface area contributed by atoms with Crippen LogP contribution in [0, 0.1) is 0 Å². The van der Waals surface area contributed by atoms with Crippen LogP contribution in [0.1, 0.15) is 12.0 Å². The maximum absolute atomic E-state index is 12.2. The number of nitrogens with one attached hydrogen (secondary N) is 1. The molecule has 0 aliphatic rings. The smallest absolute Gasteiger partial charge is 0.422 e. The molecule has 1 rings (SSSR count). The largest absolute Gasteiger partial charge is 0.484 e. The Bertz CT molecular complexity index is 483. The van der Waals surface area contributed by atoms with Crippen molar-refractivity contribution >= 4 is 18.3 Å². The Morgan fingerprint density at radius 1 is 1.35 bits per heavy atom. The first-order chi connectivity index (χ1) is 10.4. The Kier molecular flexibility index (Phi) is 9.62. The van der Waals surface area contributed by atoms with Crippen LogP contribution < -0.4 is 15.8 Å². The number of rotatable bonds is 8. The van der Waals surface area contributed by atoms with Gasteiger partial charge in [0, 0.05) is 25.8 Å². The Morgan fingerprint density at radius 3 is 2.57 bits per heavy atom. The van der Waals surface area contributed by atoms with E-state index in [1.807, 2.05) is 0 Å². The van der Waals surface area contributed by atoms with Gasteiger partial charge in [-0.15, -0.1) is 12.4 Å². The first-order valence-corrected chi connectivity index (χ1v) is 6.62. The summed E-state index contributed by atoms with van der Waals surface area (Å²) in [6, 6.07) is 6.22. The van der Waals surface area contributed by atoms with Crippen molar-refractivity contribution < 1.29 is 27.4 Å². The average molecular weight is 357 g/mol. The number of hydrogen-bond donors (Lipinski definition) is 2. The van der Waals surface area contributed by atoms with Crippen LogP contribution in [0.5, 0.6) is 5.75 Å². The summed E-state index contributed by atoms with van der Waals surface area (Å²) < 4.78 is 46.3. The van der Waals surface area contributed by atoms with Gasteiger partial charge in [0.15, 0.2) is 6.61 Å². The number of ether oxygens (including phenoxy) is 2. The van der Waals surface area contributed by atoms with Crippen molar-refractivity contribution in [3.05, 3.63) is 29.8 Å². The number of hydrogen-bond acceptors (Lipinski definition) is 4. The molecule has 1 amide bonds. The van der Waals surface area contributed by atoms with E-state index in [1.165, 1.54) is 13.2 Å². The van der Waals surface area contributed by atoms with E-state index in [1.54, 1.807) is 18.2 Å². The number of nitrogens with two attached hydrogens (primary N) is 1. The minimum Gasteiger partial charge on any atom is -0.484 e. The van der Waals surface area contributed by atoms with E-state index >= 15 is 0 Å². The lowest BCUT2D eigenvalue weighted by Gasteiger charge is -2.15. The van der Waals surface area contributed by atoms with Crippen LogP contribution in [0.3, 0.4) is 0 Å². The highest BCUT2D eigenvalue weighted by Gasteiger charge is 2.28. The molecule has 0 fully saturated rings. The van der Waals surface area contributed by atoms with Crippen LogP contribution in [0.25, 0.3) is 0 Å². The van der Waals surface area contributed by atoms with Gasteiger partial charge in [-0.1, -0.05) is 18.2 Å². The number of para-hydroxylation sites is 1. The lowest BCUT2D eigenvalue weighted by atomic mass is 10.2. The zero-order valence-electron chi connectivity index (χ0n) is 12.6. The standard InChI is InChI=1S/C14H19F3N2O3.ClH/c1-21-11(7-18)6-13(20)19-8-10-4-2-3-5-12(10)22-9-14(15,16)17;/h2-5,11H,6-9,18H2,1H3,(H,19,20);1H. The number of carbonyl (C=O) groups is 1. The molecule has 0 aliphatic carbocycles. The average Bonchev–Trinajstić information content (AvgIpc) is 2.48. The SMILES string of the molecule is COC(CN)CC(=O)NCc1ccccc1OCC(F)(F)F.Cl. The van der Waals surface area contributed by atoms with Crippen molar-refractivity contribution in [2.24, 2.45) is 5.73 Å². The maximum Gasteiger partial charge on any atom is 0.422 e. The third kappa shape index (κ3) is 8.63. The lowest BCUT2D eigenvalue weighted by molar-refractivity contribution is -0.153. The van der Waals surface area contributed by atoms with Crippen molar-refractivity contribution in [1.29, 1.82) is 0 Å². The summed E-state index contributed by atoms with van der Waals surface area (Å²) in [6.45, 7) is -1.11. The van der Waals surface area contributed by atoms with Crippen molar-refractivity contribution in [2.75, 3.05) is 20.3 Å². The minimum atomic E-state index is -4.41. The van der Waals surface area contributed by atoms with E-state index < -0.39 is 18.9 Å². The minimum absolute atomic E-state index is 0. The molecule has 132 valence electrons. The Labute approximate surface area is 138 Å². The molecule has 0 saturated carbocycles. The highest BCUT2D eigenvalue weighted by atomic mass is 35.5. The summed E-state index contributed by atoms with van der Waals surface area (Å²) in [5.74, 6) is -0.217. The molecule has 1 aromatic rings. The van der Waals surface area contributed by atoms with Crippen LogP contribution in [0.2, 0.25) is 0 Å². The molecular weight excluding hydrogens is 337 g/mol. The molecule has 1 atom stereocenters. The van der Waals surface area contributed by atoms with Gasteiger partial charge in [-0.25, -0.2) is 0 Å². The third-order valence-electron chi connectivity index (χ3n) is 2.85. The molecule has 23 heavy (non-hydrogen) atoms. The summed E-state index contributed by atoms with van der Waals surface area (Å²) in [4.78, 5) is 11.7. The maximum atomic E-state index is 12.2. The Morgan fingerprint density at radius 2 is 2.00 bits per heavy atom. The highest BCUT2D eigenvalue weighted by molar-refractivity contribution is 5.85. The normalized spacial score (nSPS) is 12.2. The van der Waals surface area contributed by atoms with Gasteiger partial charge >= 0.3 is 6.18 Å². The molecule has 0 aromatic heterocycles. The highest BCUT2D eigenvalue weighted by Crippen LogP contribution is 2.22. The van der Waals surface area contributed by atoms with Gasteiger partial charge in [0.1, 0.15) is 5.75 Å². The first-order valence-electron chi connectivity index (χ1n) is 6.62. The van der Waals surface area contributed by atoms with Gasteiger partial charge in [0.25, 0.3) is 0 Å². The summed E-state index contributed by atoms with van der Waals surface area (Å²) in [5.41, 5.74) is 5.87. The summed E-state index contributed by atoms with van der Waals surface area (Å²) in [6.07, 6.45) is -4.72. The van der Waals surface area contributed by atoms with E-state index in [-0.39, 0.29) is 43.6 Å². The third-order valence-corrected chi connectivity index (χ3v) is 2.85. The monoisotopic (exact) mass is 356 g/mol. The van der Waals surface area contributed by atoms with Crippen molar-refractivity contribution in [1.82, 2.24) is 5.32 Å². The number of amides is 1. The van der Waals surface area contributed by atoms with E-state index in [0.717, 1.165) is 0 Å². The second-order valence-corrected chi connectivity index (χ2v) is 4.59. The summed E-state index contributed by atoms with van der Waals surface area (Å²) >= 11 is 0. The molecular formula is C14H20ClF3N2O3. The molecule has 3 N–H and O–H groups in total. The molecule has 0 saturated heterocycles. The van der Waals surface area contributed by atoms with Crippen molar-refractivity contribution in [2.45, 2.75) is 25.2 Å². The molecule has 1 unspecified atom stereocenters. The molecule has 1 aromatic carbocycles. The molecule has 0 spiro atoms. The molecule has 0 radical (unpaired) electrons. The fourth-order valence-electron chi connectivity index (χ4n) is 1.69. The topological polar surface area (TPSA) is 73.6 Å². The number of carbonyl (C=O) groups excluding carboxylic acids is 1. The van der Waals surface area contributed by atoms with E-state index in [9.17, 15) is 18.0 Å². The van der Waals surface area contributed by atoms with Crippen LogP contribution in [-0.2, 0) is 16.1 Å². The second kappa shape index (κ2) is 10.3. The number of benzene rings is 1. The van der Waals surface area contributed by atoms with Crippen molar-refractivity contribution in [3.63, 3.8) is 0 Å². The first kappa shape index (κ1) is 21.5. The number of halogens is 4. The summed E-state index contributed by atoms with van der Waals surface area (Å²) in [5, 5.41) is 2.60. The summed E-state index contributed by atoms with van der Waals surface area (Å²) in [7, 11) is 1.45. The predicted molar refractivity (Wildman–Crippen MR) is 81.6 cm³/mol. The van der Waals surface area contributed by atoms with Gasteiger partial charge < -0.3 is 20.5 Å². The quantitative estimate of drug-likeness (QED) is 0.747. The van der Waals surface area contributed by atoms with Crippen LogP contribution >= 0.6 is 12.4 Å². The molecule has 0 heterocycles. The lowest BCUT2D eigenvalue weighted by Crippen LogP contribution is -2.32. The van der Waals surface area contributed by atoms with Gasteiger partial charge in [0.05, 0.1) is 12.5 Å². The fraction of sp³-hybridized carbons (Fsp3) is 0.500. The predicted octanol–water partition coefficient (Wildman–Crippen LogP) is 2.03. The zero-order chi connectivity index (χ0) is 16.6. The Hall–Kier alpha value is -1.51. The second-order valence-electron chi connectivity index (χ2n) is 4.59. The number of methoxy groups -OCH3 is 1. The molecule has 0 bridgehead atoms. The van der Waals surface area contributed by atoms with Crippen LogP contribution in [-0.4, -0.2) is 38.4 Å². The van der Waals surface area contributed by atoms with Gasteiger partial charge in [0.2, 0.25) is 5.91 Å². The van der Waals surface area contributed by atoms with E-state index in [0.29, 0.717) is 5.56 Å². The van der Waals surface area contributed by atoms with E-state index in [4.69, 9.17) is 15.2 Å². The number of alkyl halides is 3. The zero-order valence-corrected chi connectivity index (χ0v) is 13.4. The van der Waals surface area contributed by atoms with Gasteiger partial charge in [-0.05, 0) is 6.07 Å². The van der Waals surface area contributed by atoms with E-state index in [2.05, 4.69) is 5.32 Å².